The lowest BCUT2D eigenvalue weighted by atomic mass is 10.2. The molecule has 0 atom stereocenters. The highest BCUT2D eigenvalue weighted by Crippen LogP contribution is 2.12. The molecule has 0 radical (unpaired) electrons. The Bertz CT molecular complexity index is 323. The molecule has 2 N–H and O–H groups in total. The van der Waals surface area contributed by atoms with Crippen molar-refractivity contribution in [2.24, 2.45) is 0 Å². The Morgan fingerprint density at radius 2 is 2.36 bits per heavy atom. The van der Waals surface area contributed by atoms with E-state index < -0.39 is 0 Å². The lowest BCUT2D eigenvalue weighted by Gasteiger charge is -1.96. The van der Waals surface area contributed by atoms with Crippen LogP contribution in [0.3, 0.4) is 0 Å². The molecule has 1 rings (SSSR count). The summed E-state index contributed by atoms with van der Waals surface area (Å²) >= 11 is 5.62. The molecular weight excluding hydrogens is 160 g/mol. The van der Waals surface area contributed by atoms with E-state index in [1.807, 2.05) is 0 Å². The molecule has 11 heavy (non-hydrogen) atoms. The predicted octanol–water partition coefficient (Wildman–Crippen LogP) is 1.69. The van der Waals surface area contributed by atoms with Gasteiger partial charge in [-0.1, -0.05) is 17.5 Å². The zero-order valence-corrected chi connectivity index (χ0v) is 6.81. The highest BCUT2D eigenvalue weighted by atomic mass is 35.5. The lowest BCUT2D eigenvalue weighted by molar-refractivity contribution is 1.32. The van der Waals surface area contributed by atoms with Gasteiger partial charge in [0.2, 0.25) is 0 Å². The van der Waals surface area contributed by atoms with E-state index in [9.17, 15) is 0 Å². The van der Waals surface area contributed by atoms with Crippen LogP contribution in [0.2, 0.25) is 5.15 Å². The smallest absolute Gasteiger partial charge is 0.130 e. The van der Waals surface area contributed by atoms with Gasteiger partial charge in [-0.3, -0.25) is 0 Å². The van der Waals surface area contributed by atoms with E-state index in [4.69, 9.17) is 17.3 Å². The molecule has 3 heteroatoms. The number of rotatable bonds is 0. The number of anilines is 1. The average Bonchev–Trinajstić information content (AvgIpc) is 1.98. The van der Waals surface area contributed by atoms with Crippen molar-refractivity contribution < 1.29 is 0 Å². The molecule has 0 aliphatic carbocycles. The maximum absolute atomic E-state index is 5.62. The standard InChI is InChI=1S/C8H7ClN2/c1-2-3-6-4-8(9)11-5-7(6)10/h4-5H,10H2,1H3. The molecule has 0 aliphatic rings. The average molecular weight is 167 g/mol. The minimum atomic E-state index is 0.414. The summed E-state index contributed by atoms with van der Waals surface area (Å²) < 4.78 is 0. The largest absolute Gasteiger partial charge is 0.396 e. The fourth-order valence-corrected chi connectivity index (χ4v) is 0.841. The number of nitrogen functional groups attached to an aromatic ring is 1. The Kier molecular flexibility index (Phi) is 2.35. The van der Waals surface area contributed by atoms with Gasteiger partial charge in [0.25, 0.3) is 0 Å². The van der Waals surface area contributed by atoms with Crippen molar-refractivity contribution in [3.8, 4) is 11.8 Å². The van der Waals surface area contributed by atoms with Crippen LogP contribution in [0.15, 0.2) is 12.3 Å². The van der Waals surface area contributed by atoms with Crippen LogP contribution in [0.1, 0.15) is 12.5 Å². The molecule has 0 spiro atoms. The Balaban J connectivity index is 3.19. The molecule has 2 nitrogen and oxygen atoms in total. The first-order valence-corrected chi connectivity index (χ1v) is 3.45. The lowest BCUT2D eigenvalue weighted by Crippen LogP contribution is -1.91. The zero-order valence-electron chi connectivity index (χ0n) is 6.06. The van der Waals surface area contributed by atoms with Crippen LogP contribution in [0.25, 0.3) is 0 Å². The van der Waals surface area contributed by atoms with Crippen LogP contribution in [0.4, 0.5) is 5.69 Å². The Hall–Kier alpha value is -1.20. The molecule has 0 fully saturated rings. The Morgan fingerprint density at radius 3 is 3.00 bits per heavy atom. The molecule has 1 aromatic heterocycles. The zero-order chi connectivity index (χ0) is 8.27. The van der Waals surface area contributed by atoms with E-state index in [0.29, 0.717) is 10.8 Å². The van der Waals surface area contributed by atoms with Crippen molar-refractivity contribution in [3.05, 3.63) is 23.0 Å². The summed E-state index contributed by atoms with van der Waals surface area (Å²) in [6.45, 7) is 1.74. The third-order valence-electron chi connectivity index (χ3n) is 1.16. The first-order valence-electron chi connectivity index (χ1n) is 3.08. The second kappa shape index (κ2) is 3.27. The van der Waals surface area contributed by atoms with Crippen LogP contribution in [-0.4, -0.2) is 4.98 Å². The molecule has 0 saturated carbocycles. The molecule has 0 saturated heterocycles. The quantitative estimate of drug-likeness (QED) is 0.471. The van der Waals surface area contributed by atoms with E-state index in [0.717, 1.165) is 5.56 Å². The number of hydrogen-bond donors (Lipinski definition) is 1. The Morgan fingerprint density at radius 1 is 1.64 bits per heavy atom. The molecule has 0 amide bonds. The van der Waals surface area contributed by atoms with Gasteiger partial charge in [-0.2, -0.15) is 0 Å². The van der Waals surface area contributed by atoms with E-state index in [-0.39, 0.29) is 0 Å². The Labute approximate surface area is 70.4 Å². The minimum absolute atomic E-state index is 0.414. The predicted molar refractivity (Wildman–Crippen MR) is 46.2 cm³/mol. The second-order valence-electron chi connectivity index (χ2n) is 1.97. The topological polar surface area (TPSA) is 38.9 Å². The number of nitrogens with zero attached hydrogens (tertiary/aromatic N) is 1. The highest BCUT2D eigenvalue weighted by Gasteiger charge is 1.96. The monoisotopic (exact) mass is 166 g/mol. The summed E-state index contributed by atoms with van der Waals surface area (Å²) in [5.74, 6) is 5.55. The fraction of sp³-hybridized carbons (Fsp3) is 0.125. The van der Waals surface area contributed by atoms with E-state index in [2.05, 4.69) is 16.8 Å². The third-order valence-corrected chi connectivity index (χ3v) is 1.37. The summed E-state index contributed by atoms with van der Waals surface area (Å²) in [6, 6.07) is 1.65. The van der Waals surface area contributed by atoms with Crippen LogP contribution in [-0.2, 0) is 0 Å². The normalized spacial score (nSPS) is 8.55. The number of nitrogens with two attached hydrogens (primary N) is 1. The molecule has 0 bridgehead atoms. The maximum atomic E-state index is 5.62. The summed E-state index contributed by atoms with van der Waals surface area (Å²) in [4.78, 5) is 3.79. The van der Waals surface area contributed by atoms with Gasteiger partial charge < -0.3 is 5.73 Å². The van der Waals surface area contributed by atoms with Crippen LogP contribution in [0.5, 0.6) is 0 Å². The van der Waals surface area contributed by atoms with Crippen LogP contribution in [0, 0.1) is 11.8 Å². The van der Waals surface area contributed by atoms with Crippen molar-refractivity contribution in [1.29, 1.82) is 0 Å². The molecule has 1 heterocycles. The van der Waals surface area contributed by atoms with E-state index in [1.54, 1.807) is 13.0 Å². The van der Waals surface area contributed by atoms with Crippen LogP contribution >= 0.6 is 11.6 Å². The van der Waals surface area contributed by atoms with Gasteiger partial charge in [0.05, 0.1) is 17.4 Å². The highest BCUT2D eigenvalue weighted by molar-refractivity contribution is 6.29. The van der Waals surface area contributed by atoms with Crippen molar-refractivity contribution in [3.63, 3.8) is 0 Å². The SMILES string of the molecule is CC#Cc1cc(Cl)ncc1N. The molecule has 1 aromatic rings. The number of pyridine rings is 1. The van der Waals surface area contributed by atoms with Gasteiger partial charge in [-0.15, -0.1) is 5.92 Å². The molecule has 56 valence electrons. The van der Waals surface area contributed by atoms with Gasteiger partial charge >= 0.3 is 0 Å². The molecule has 0 aliphatic heterocycles. The maximum Gasteiger partial charge on any atom is 0.130 e. The molecule has 0 aromatic carbocycles. The van der Waals surface area contributed by atoms with Gasteiger partial charge in [0.1, 0.15) is 5.15 Å². The van der Waals surface area contributed by atoms with Crippen molar-refractivity contribution >= 4 is 17.3 Å². The second-order valence-corrected chi connectivity index (χ2v) is 2.36. The fourth-order valence-electron chi connectivity index (χ4n) is 0.683. The summed E-state index contributed by atoms with van der Waals surface area (Å²) in [5, 5.41) is 0.414. The summed E-state index contributed by atoms with van der Waals surface area (Å²) in [7, 11) is 0. The van der Waals surface area contributed by atoms with E-state index >= 15 is 0 Å². The summed E-state index contributed by atoms with van der Waals surface area (Å²) in [6.07, 6.45) is 1.50. The molecule has 0 unspecified atom stereocenters. The summed E-state index contributed by atoms with van der Waals surface area (Å²) in [5.41, 5.74) is 6.84. The number of aromatic nitrogens is 1. The van der Waals surface area contributed by atoms with Crippen molar-refractivity contribution in [2.45, 2.75) is 6.92 Å². The minimum Gasteiger partial charge on any atom is -0.396 e. The van der Waals surface area contributed by atoms with Gasteiger partial charge in [0.15, 0.2) is 0 Å². The van der Waals surface area contributed by atoms with Crippen LogP contribution < -0.4 is 5.73 Å². The third kappa shape index (κ3) is 1.86. The van der Waals surface area contributed by atoms with Gasteiger partial charge in [-0.05, 0) is 13.0 Å². The van der Waals surface area contributed by atoms with Crippen molar-refractivity contribution in [2.75, 3.05) is 5.73 Å². The number of halogens is 1. The first kappa shape index (κ1) is 7.90. The molecular formula is C8H7ClN2. The first-order chi connectivity index (χ1) is 5.24. The number of hydrogen-bond acceptors (Lipinski definition) is 2. The van der Waals surface area contributed by atoms with E-state index in [1.165, 1.54) is 6.20 Å². The van der Waals surface area contributed by atoms with Gasteiger partial charge in [0, 0.05) is 0 Å². The van der Waals surface area contributed by atoms with Crippen molar-refractivity contribution in [1.82, 2.24) is 4.98 Å². The van der Waals surface area contributed by atoms with Gasteiger partial charge in [-0.25, -0.2) is 4.98 Å².